The van der Waals surface area contributed by atoms with Gasteiger partial charge in [0.15, 0.2) is 17.2 Å². The minimum atomic E-state index is -0.776. The molecule has 1 unspecified atom stereocenters. The van der Waals surface area contributed by atoms with Crippen LogP contribution in [0.4, 0.5) is 0 Å². The van der Waals surface area contributed by atoms with Gasteiger partial charge in [-0.1, -0.05) is 56.3 Å². The molecular weight excluding hydrogens is 436 g/mol. The molecule has 0 spiro atoms. The van der Waals surface area contributed by atoms with Crippen LogP contribution in [0.15, 0.2) is 53.3 Å². The summed E-state index contributed by atoms with van der Waals surface area (Å²) in [5.41, 5.74) is 0.466. The van der Waals surface area contributed by atoms with Crippen LogP contribution >= 0.6 is 0 Å². The number of amides is 1. The second kappa shape index (κ2) is 11.3. The summed E-state index contributed by atoms with van der Waals surface area (Å²) in [7, 11) is 3.04. The van der Waals surface area contributed by atoms with E-state index in [1.165, 1.54) is 14.2 Å². The van der Waals surface area contributed by atoms with E-state index in [0.29, 0.717) is 30.2 Å². The van der Waals surface area contributed by atoms with Gasteiger partial charge in [-0.25, -0.2) is 4.98 Å². The number of carbonyl (C=O) groups excluding carboxylic acids is 1. The Labute approximate surface area is 198 Å². The molecule has 0 fully saturated rings. The van der Waals surface area contributed by atoms with Crippen molar-refractivity contribution in [2.75, 3.05) is 27.3 Å². The molecule has 0 bridgehead atoms. The summed E-state index contributed by atoms with van der Waals surface area (Å²) >= 11 is 0. The van der Waals surface area contributed by atoms with E-state index in [4.69, 9.17) is 9.47 Å². The quantitative estimate of drug-likeness (QED) is 0.421. The van der Waals surface area contributed by atoms with Crippen molar-refractivity contribution in [3.05, 3.63) is 81.5 Å². The highest BCUT2D eigenvalue weighted by molar-refractivity contribution is 5.94. The Kier molecular flexibility index (Phi) is 8.26. The Morgan fingerprint density at radius 3 is 2.41 bits per heavy atom. The molecule has 0 aliphatic rings. The highest BCUT2D eigenvalue weighted by Crippen LogP contribution is 2.31. The average molecular weight is 467 g/mol. The summed E-state index contributed by atoms with van der Waals surface area (Å²) in [6.07, 6.45) is 0. The van der Waals surface area contributed by atoms with Gasteiger partial charge in [0.05, 0.1) is 20.3 Å². The molecule has 3 aromatic rings. The van der Waals surface area contributed by atoms with Gasteiger partial charge in [0.2, 0.25) is 5.75 Å². The molecule has 180 valence electrons. The normalized spacial score (nSPS) is 11.8. The third-order valence-electron chi connectivity index (χ3n) is 5.60. The molecule has 3 N–H and O–H groups in total. The SMILES string of the molecule is CCN(CC)C(c1ccccc1)c1nc(C(=O)NCc2cccc(OC)c2OC)c(O)c(=O)[nH]1. The Bertz CT molecular complexity index is 1180. The van der Waals surface area contributed by atoms with Crippen LogP contribution in [0, 0.1) is 0 Å². The van der Waals surface area contributed by atoms with Gasteiger partial charge in [-0.3, -0.25) is 14.5 Å². The Balaban J connectivity index is 1.96. The summed E-state index contributed by atoms with van der Waals surface area (Å²) in [5.74, 6) is -0.119. The molecule has 9 heteroatoms. The largest absolute Gasteiger partial charge is 0.501 e. The summed E-state index contributed by atoms with van der Waals surface area (Å²) in [4.78, 5) is 34.7. The first-order chi connectivity index (χ1) is 16.4. The number of hydrogen-bond donors (Lipinski definition) is 3. The van der Waals surface area contributed by atoms with Crippen LogP contribution in [0.5, 0.6) is 17.2 Å². The maximum absolute atomic E-state index is 13.0. The maximum atomic E-state index is 13.0. The van der Waals surface area contributed by atoms with Crippen molar-refractivity contribution in [1.82, 2.24) is 20.2 Å². The average Bonchev–Trinajstić information content (AvgIpc) is 2.87. The highest BCUT2D eigenvalue weighted by atomic mass is 16.5. The van der Waals surface area contributed by atoms with Gasteiger partial charge in [0.1, 0.15) is 5.82 Å². The number of aromatic nitrogens is 2. The fourth-order valence-corrected chi connectivity index (χ4v) is 3.89. The topological polar surface area (TPSA) is 117 Å². The zero-order chi connectivity index (χ0) is 24.7. The molecule has 3 rings (SSSR count). The lowest BCUT2D eigenvalue weighted by molar-refractivity contribution is 0.0941. The lowest BCUT2D eigenvalue weighted by Crippen LogP contribution is -2.34. The van der Waals surface area contributed by atoms with Crippen LogP contribution < -0.4 is 20.3 Å². The van der Waals surface area contributed by atoms with Crippen molar-refractivity contribution in [2.24, 2.45) is 0 Å². The van der Waals surface area contributed by atoms with E-state index in [1.807, 2.05) is 44.2 Å². The first-order valence-electron chi connectivity index (χ1n) is 11.0. The number of rotatable bonds is 10. The third kappa shape index (κ3) is 5.20. The van der Waals surface area contributed by atoms with Crippen LogP contribution in [-0.4, -0.2) is 53.2 Å². The van der Waals surface area contributed by atoms with Crippen molar-refractivity contribution in [3.63, 3.8) is 0 Å². The lowest BCUT2D eigenvalue weighted by Gasteiger charge is -2.29. The molecular formula is C25H30N4O5. The van der Waals surface area contributed by atoms with E-state index in [2.05, 4.69) is 20.2 Å². The summed E-state index contributed by atoms with van der Waals surface area (Å²) < 4.78 is 10.7. The van der Waals surface area contributed by atoms with Crippen LogP contribution in [0.2, 0.25) is 0 Å². The van der Waals surface area contributed by atoms with E-state index in [9.17, 15) is 14.7 Å². The zero-order valence-electron chi connectivity index (χ0n) is 19.8. The lowest BCUT2D eigenvalue weighted by atomic mass is 10.0. The molecule has 0 aliphatic heterocycles. The van der Waals surface area contributed by atoms with Crippen molar-refractivity contribution in [3.8, 4) is 17.2 Å². The molecule has 2 aromatic carbocycles. The van der Waals surface area contributed by atoms with Crippen LogP contribution in [-0.2, 0) is 6.54 Å². The number of carbonyl (C=O) groups is 1. The molecule has 0 aliphatic carbocycles. The van der Waals surface area contributed by atoms with E-state index >= 15 is 0 Å². The zero-order valence-corrected chi connectivity index (χ0v) is 19.8. The number of H-pyrrole nitrogens is 1. The number of aromatic hydroxyl groups is 1. The van der Waals surface area contributed by atoms with Crippen LogP contribution in [0.3, 0.4) is 0 Å². The second-order valence-corrected chi connectivity index (χ2v) is 7.52. The summed E-state index contributed by atoms with van der Waals surface area (Å²) in [6.45, 7) is 5.48. The Morgan fingerprint density at radius 2 is 1.79 bits per heavy atom. The van der Waals surface area contributed by atoms with Gasteiger partial charge < -0.3 is 24.9 Å². The van der Waals surface area contributed by atoms with Crippen molar-refractivity contribution >= 4 is 5.91 Å². The van der Waals surface area contributed by atoms with Gasteiger partial charge in [-0.2, -0.15) is 0 Å². The molecule has 1 heterocycles. The fraction of sp³-hybridized carbons (Fsp3) is 0.320. The van der Waals surface area contributed by atoms with Crippen molar-refractivity contribution in [1.29, 1.82) is 0 Å². The molecule has 0 radical (unpaired) electrons. The minimum absolute atomic E-state index is 0.0839. The molecule has 1 aromatic heterocycles. The Hall–Kier alpha value is -3.85. The van der Waals surface area contributed by atoms with Gasteiger partial charge in [-0.05, 0) is 24.7 Å². The van der Waals surface area contributed by atoms with E-state index in [0.717, 1.165) is 5.56 Å². The first-order valence-corrected chi connectivity index (χ1v) is 11.0. The van der Waals surface area contributed by atoms with E-state index in [1.54, 1.807) is 18.2 Å². The first kappa shape index (κ1) is 24.8. The number of benzene rings is 2. The van der Waals surface area contributed by atoms with Gasteiger partial charge in [0, 0.05) is 12.1 Å². The molecule has 1 atom stereocenters. The van der Waals surface area contributed by atoms with Gasteiger partial charge in [-0.15, -0.1) is 0 Å². The molecule has 9 nitrogen and oxygen atoms in total. The molecule has 0 saturated carbocycles. The minimum Gasteiger partial charge on any atom is -0.501 e. The van der Waals surface area contributed by atoms with Crippen molar-refractivity contribution in [2.45, 2.75) is 26.4 Å². The maximum Gasteiger partial charge on any atom is 0.293 e. The number of nitrogens with zero attached hydrogens (tertiary/aromatic N) is 2. The third-order valence-corrected chi connectivity index (χ3v) is 5.60. The molecule has 34 heavy (non-hydrogen) atoms. The van der Waals surface area contributed by atoms with Crippen molar-refractivity contribution < 1.29 is 19.4 Å². The monoisotopic (exact) mass is 466 g/mol. The molecule has 0 saturated heterocycles. The van der Waals surface area contributed by atoms with Gasteiger partial charge >= 0.3 is 0 Å². The second-order valence-electron chi connectivity index (χ2n) is 7.52. The number of para-hydroxylation sites is 1. The number of ether oxygens (including phenoxy) is 2. The predicted octanol–water partition coefficient (Wildman–Crippen LogP) is 2.85. The smallest absolute Gasteiger partial charge is 0.293 e. The number of methoxy groups -OCH3 is 2. The van der Waals surface area contributed by atoms with E-state index in [-0.39, 0.29) is 18.1 Å². The Morgan fingerprint density at radius 1 is 1.09 bits per heavy atom. The summed E-state index contributed by atoms with van der Waals surface area (Å²) in [6, 6.07) is 14.5. The number of hydrogen-bond acceptors (Lipinski definition) is 7. The van der Waals surface area contributed by atoms with Crippen LogP contribution in [0.25, 0.3) is 0 Å². The van der Waals surface area contributed by atoms with Crippen LogP contribution in [0.1, 0.15) is 47.3 Å². The highest BCUT2D eigenvalue weighted by Gasteiger charge is 2.26. The number of nitrogens with one attached hydrogen (secondary N) is 2. The predicted molar refractivity (Wildman–Crippen MR) is 128 cm³/mol. The van der Waals surface area contributed by atoms with Gasteiger partial charge in [0.25, 0.3) is 11.5 Å². The standard InChI is InChI=1S/C25H30N4O5/c1-5-29(6-2)20(16-11-8-7-9-12-16)23-27-19(21(30)25(32)28-23)24(31)26-15-17-13-10-14-18(33-3)22(17)34-4/h7-14,20,30H,5-6,15H2,1-4H3,(H,26,31)(H,27,28,32). The summed E-state index contributed by atoms with van der Waals surface area (Å²) in [5, 5.41) is 13.1. The van der Waals surface area contributed by atoms with E-state index < -0.39 is 23.3 Å². The fourth-order valence-electron chi connectivity index (χ4n) is 3.89. The number of aromatic amines is 1. The molecule has 1 amide bonds.